The Balaban J connectivity index is 2.42. The smallest absolute Gasteiger partial charge is 0.312 e. The van der Waals surface area contributed by atoms with Crippen LogP contribution in [0.2, 0.25) is 0 Å². The molecule has 1 heterocycles. The van der Waals surface area contributed by atoms with Crippen LogP contribution < -0.4 is 0 Å². The summed E-state index contributed by atoms with van der Waals surface area (Å²) in [5.41, 5.74) is 2.64. The Hall–Kier alpha value is -1.47. The number of aromatic nitrogens is 1. The first-order chi connectivity index (χ1) is 10.3. The number of aryl methyl sites for hydroxylation is 1. The molecule has 2 amide bonds. The lowest BCUT2D eigenvalue weighted by molar-refractivity contribution is -0.150. The van der Waals surface area contributed by atoms with Crippen molar-refractivity contribution in [2.45, 2.75) is 39.8 Å². The van der Waals surface area contributed by atoms with E-state index in [9.17, 15) is 9.59 Å². The van der Waals surface area contributed by atoms with Gasteiger partial charge in [0.2, 0.25) is 0 Å². The highest BCUT2D eigenvalue weighted by molar-refractivity contribution is 7.09. The molecular weight excluding hydrogens is 302 g/mol. The minimum Gasteiger partial charge on any atom is -0.379 e. The van der Waals surface area contributed by atoms with Crippen molar-refractivity contribution in [1.29, 1.82) is 0 Å². The van der Waals surface area contributed by atoms with E-state index in [4.69, 9.17) is 4.74 Å². The van der Waals surface area contributed by atoms with E-state index in [1.165, 1.54) is 21.1 Å². The zero-order chi connectivity index (χ0) is 16.7. The monoisotopic (exact) mass is 327 g/mol. The number of hydrogen-bond donors (Lipinski definition) is 0. The van der Waals surface area contributed by atoms with E-state index in [1.54, 1.807) is 19.6 Å². The highest BCUT2D eigenvalue weighted by Crippen LogP contribution is 2.14. The molecule has 1 rings (SSSR count). The van der Waals surface area contributed by atoms with Crippen molar-refractivity contribution in [2.75, 3.05) is 27.2 Å². The van der Waals surface area contributed by atoms with Gasteiger partial charge in [-0.3, -0.25) is 9.59 Å². The Labute approximate surface area is 136 Å². The molecule has 1 aromatic rings. The number of ether oxygens (including phenoxy) is 1. The van der Waals surface area contributed by atoms with Crippen molar-refractivity contribution < 1.29 is 14.3 Å². The molecule has 0 saturated carbocycles. The third kappa shape index (κ3) is 5.73. The highest BCUT2D eigenvalue weighted by atomic mass is 32.1. The van der Waals surface area contributed by atoms with E-state index in [2.05, 4.69) is 4.98 Å². The van der Waals surface area contributed by atoms with Crippen LogP contribution in [0.25, 0.3) is 0 Å². The second-order valence-electron chi connectivity index (χ2n) is 5.52. The second-order valence-corrected chi connectivity index (χ2v) is 6.46. The number of likely N-dealkylation sites (N-methyl/N-ethyl adjacent to an activating group) is 2. The SMILES string of the molecule is Cc1ncsc1CN(C)C(=O)C(=O)N(C)CCCOC(C)C. The van der Waals surface area contributed by atoms with Crippen LogP contribution in [0, 0.1) is 6.92 Å². The molecule has 22 heavy (non-hydrogen) atoms. The van der Waals surface area contributed by atoms with Crippen molar-refractivity contribution in [2.24, 2.45) is 0 Å². The van der Waals surface area contributed by atoms with Gasteiger partial charge in [0.1, 0.15) is 0 Å². The molecule has 0 saturated heterocycles. The number of hydrogen-bond acceptors (Lipinski definition) is 5. The standard InChI is InChI=1S/C15H25N3O3S/c1-11(2)21-8-6-7-17(4)14(19)15(20)18(5)9-13-12(3)16-10-22-13/h10-11H,6-9H2,1-5H3. The van der Waals surface area contributed by atoms with Crippen LogP contribution in [0.15, 0.2) is 5.51 Å². The lowest BCUT2D eigenvalue weighted by Crippen LogP contribution is -2.42. The van der Waals surface area contributed by atoms with Crippen LogP contribution in [0.3, 0.4) is 0 Å². The van der Waals surface area contributed by atoms with Crippen LogP contribution in [0.1, 0.15) is 30.8 Å². The van der Waals surface area contributed by atoms with Gasteiger partial charge in [0.15, 0.2) is 0 Å². The molecular formula is C15H25N3O3S. The van der Waals surface area contributed by atoms with Crippen molar-refractivity contribution in [3.05, 3.63) is 16.1 Å². The van der Waals surface area contributed by atoms with E-state index >= 15 is 0 Å². The molecule has 0 atom stereocenters. The minimum atomic E-state index is -0.500. The number of carbonyl (C=O) groups is 2. The molecule has 6 nitrogen and oxygen atoms in total. The van der Waals surface area contributed by atoms with Gasteiger partial charge < -0.3 is 14.5 Å². The van der Waals surface area contributed by atoms with Crippen molar-refractivity contribution in [3.8, 4) is 0 Å². The first-order valence-electron chi connectivity index (χ1n) is 7.34. The minimum absolute atomic E-state index is 0.177. The maximum atomic E-state index is 12.2. The summed E-state index contributed by atoms with van der Waals surface area (Å²) in [5.74, 6) is -0.991. The summed E-state index contributed by atoms with van der Waals surface area (Å²) in [6.45, 7) is 7.33. The fourth-order valence-electron chi connectivity index (χ4n) is 1.81. The lowest BCUT2D eigenvalue weighted by atomic mass is 10.3. The Morgan fingerprint density at radius 3 is 2.45 bits per heavy atom. The average molecular weight is 327 g/mol. The first-order valence-corrected chi connectivity index (χ1v) is 8.22. The van der Waals surface area contributed by atoms with Gasteiger partial charge in [-0.05, 0) is 27.2 Å². The molecule has 0 bridgehead atoms. The second kappa shape index (κ2) is 8.85. The Kier molecular flexibility index (Phi) is 7.47. The summed E-state index contributed by atoms with van der Waals surface area (Å²) < 4.78 is 5.42. The maximum Gasteiger partial charge on any atom is 0.312 e. The predicted molar refractivity (Wildman–Crippen MR) is 86.7 cm³/mol. The Bertz CT molecular complexity index is 502. The van der Waals surface area contributed by atoms with Crippen LogP contribution in [-0.4, -0.2) is 59.9 Å². The van der Waals surface area contributed by atoms with E-state index in [1.807, 2.05) is 20.8 Å². The van der Waals surface area contributed by atoms with Gasteiger partial charge in [0.25, 0.3) is 0 Å². The topological polar surface area (TPSA) is 62.7 Å². The molecule has 1 aromatic heterocycles. The molecule has 0 aliphatic carbocycles. The summed E-state index contributed by atoms with van der Waals surface area (Å²) in [6, 6.07) is 0. The summed E-state index contributed by atoms with van der Waals surface area (Å²) in [5, 5.41) is 0. The van der Waals surface area contributed by atoms with Gasteiger partial charge in [-0.1, -0.05) is 0 Å². The molecule has 124 valence electrons. The van der Waals surface area contributed by atoms with E-state index < -0.39 is 11.8 Å². The van der Waals surface area contributed by atoms with Crippen LogP contribution in [-0.2, 0) is 20.9 Å². The predicted octanol–water partition coefficient (Wildman–Crippen LogP) is 1.68. The molecule has 0 aliphatic rings. The van der Waals surface area contributed by atoms with Gasteiger partial charge >= 0.3 is 11.8 Å². The largest absolute Gasteiger partial charge is 0.379 e. The zero-order valence-electron chi connectivity index (χ0n) is 14.0. The molecule has 0 fully saturated rings. The van der Waals surface area contributed by atoms with E-state index in [-0.39, 0.29) is 6.10 Å². The van der Waals surface area contributed by atoms with Gasteiger partial charge in [0, 0.05) is 32.1 Å². The summed E-state index contributed by atoms with van der Waals surface area (Å²) in [4.78, 5) is 32.3. The third-order valence-corrected chi connectivity index (χ3v) is 4.11. The molecule has 0 aromatic carbocycles. The van der Waals surface area contributed by atoms with Crippen molar-refractivity contribution in [3.63, 3.8) is 0 Å². The fourth-order valence-corrected chi connectivity index (χ4v) is 2.64. The van der Waals surface area contributed by atoms with Crippen LogP contribution in [0.4, 0.5) is 0 Å². The Morgan fingerprint density at radius 1 is 1.27 bits per heavy atom. The van der Waals surface area contributed by atoms with Gasteiger partial charge in [-0.2, -0.15) is 0 Å². The van der Waals surface area contributed by atoms with E-state index in [0.29, 0.717) is 26.1 Å². The number of nitrogens with zero attached hydrogens (tertiary/aromatic N) is 3. The van der Waals surface area contributed by atoms with Crippen LogP contribution >= 0.6 is 11.3 Å². The quantitative estimate of drug-likeness (QED) is 0.565. The number of amides is 2. The average Bonchev–Trinajstić information content (AvgIpc) is 2.86. The number of carbonyl (C=O) groups excluding carboxylic acids is 2. The summed E-state index contributed by atoms with van der Waals surface area (Å²) in [7, 11) is 3.27. The molecule has 0 unspecified atom stereocenters. The fraction of sp³-hybridized carbons (Fsp3) is 0.667. The normalized spacial score (nSPS) is 10.8. The van der Waals surface area contributed by atoms with Gasteiger partial charge in [-0.15, -0.1) is 11.3 Å². The molecule has 0 spiro atoms. The molecule has 0 aliphatic heterocycles. The van der Waals surface area contributed by atoms with E-state index in [0.717, 1.165) is 10.6 Å². The Morgan fingerprint density at radius 2 is 1.91 bits per heavy atom. The lowest BCUT2D eigenvalue weighted by Gasteiger charge is -2.21. The summed E-state index contributed by atoms with van der Waals surface area (Å²) in [6.07, 6.45) is 0.891. The van der Waals surface area contributed by atoms with Gasteiger partial charge in [-0.25, -0.2) is 4.98 Å². The summed E-state index contributed by atoms with van der Waals surface area (Å²) >= 11 is 1.49. The van der Waals surface area contributed by atoms with Crippen molar-refractivity contribution >= 4 is 23.2 Å². The zero-order valence-corrected chi connectivity index (χ0v) is 14.8. The number of thiazole rings is 1. The third-order valence-electron chi connectivity index (χ3n) is 3.19. The molecule has 7 heteroatoms. The van der Waals surface area contributed by atoms with Gasteiger partial charge in [0.05, 0.1) is 23.9 Å². The first kappa shape index (κ1) is 18.6. The molecule has 0 radical (unpaired) electrons. The molecule has 0 N–H and O–H groups in total. The highest BCUT2D eigenvalue weighted by Gasteiger charge is 2.23. The van der Waals surface area contributed by atoms with Crippen LogP contribution in [0.5, 0.6) is 0 Å². The maximum absolute atomic E-state index is 12.2. The number of rotatable bonds is 7. The van der Waals surface area contributed by atoms with Crippen molar-refractivity contribution in [1.82, 2.24) is 14.8 Å².